The molecule has 7 nitrogen and oxygen atoms in total. The molecular weight excluding hydrogens is 327 g/mol. The maximum absolute atomic E-state index is 13.0. The van der Waals surface area contributed by atoms with Crippen LogP contribution in [0.3, 0.4) is 0 Å². The highest BCUT2D eigenvalue weighted by molar-refractivity contribution is 6.38. The van der Waals surface area contributed by atoms with Gasteiger partial charge in [0, 0.05) is 13.0 Å². The first-order valence-electron chi connectivity index (χ1n) is 8.31. The van der Waals surface area contributed by atoms with E-state index in [9.17, 15) is 14.0 Å². The molecule has 3 rings (SSSR count). The molecular formula is C17H21FN4O3. The molecule has 1 aromatic rings. The lowest BCUT2D eigenvalue weighted by Gasteiger charge is -2.24. The molecule has 3 N–H and O–H groups in total. The summed E-state index contributed by atoms with van der Waals surface area (Å²) in [5, 5.41) is 6.48. The lowest BCUT2D eigenvalue weighted by Crippen LogP contribution is -2.45. The number of nitrogens with one attached hydrogen (secondary N) is 1. The molecule has 0 aromatic heterocycles. The predicted octanol–water partition coefficient (Wildman–Crippen LogP) is 0.536. The Balaban J connectivity index is 1.49. The Labute approximate surface area is 145 Å². The van der Waals surface area contributed by atoms with Crippen LogP contribution in [0.25, 0.3) is 0 Å². The third kappa shape index (κ3) is 4.33. The molecule has 2 amide bonds. The van der Waals surface area contributed by atoms with Gasteiger partial charge in [0.1, 0.15) is 11.5 Å². The van der Waals surface area contributed by atoms with Crippen LogP contribution in [0.5, 0.6) is 0 Å². The number of oxime groups is 1. The molecule has 8 heteroatoms. The minimum atomic E-state index is -0.602. The Morgan fingerprint density at radius 3 is 2.80 bits per heavy atom. The second-order valence-electron chi connectivity index (χ2n) is 6.33. The smallest absolute Gasteiger partial charge is 0.266 e. The Kier molecular flexibility index (Phi) is 5.28. The molecule has 1 aromatic carbocycles. The Morgan fingerprint density at radius 2 is 2.12 bits per heavy atom. The van der Waals surface area contributed by atoms with E-state index in [1.54, 1.807) is 12.1 Å². The molecule has 2 aliphatic heterocycles. The molecule has 0 bridgehead atoms. The van der Waals surface area contributed by atoms with Gasteiger partial charge in [0.25, 0.3) is 5.91 Å². The number of primary amides is 1. The monoisotopic (exact) mass is 348 g/mol. The van der Waals surface area contributed by atoms with Crippen LogP contribution < -0.4 is 11.1 Å². The van der Waals surface area contributed by atoms with E-state index in [1.807, 2.05) is 0 Å². The summed E-state index contributed by atoms with van der Waals surface area (Å²) >= 11 is 0. The second-order valence-corrected chi connectivity index (χ2v) is 6.33. The Hall–Kier alpha value is -2.48. The predicted molar refractivity (Wildman–Crippen MR) is 89.0 cm³/mol. The first-order valence-corrected chi connectivity index (χ1v) is 8.31. The second kappa shape index (κ2) is 7.60. The van der Waals surface area contributed by atoms with Gasteiger partial charge in [0.15, 0.2) is 6.10 Å². The lowest BCUT2D eigenvalue weighted by molar-refractivity contribution is -0.126. The zero-order valence-electron chi connectivity index (χ0n) is 13.8. The third-order valence-electron chi connectivity index (χ3n) is 4.49. The number of likely N-dealkylation sites (tertiary alicyclic amines) is 1. The number of nitrogens with zero attached hydrogens (tertiary/aromatic N) is 2. The van der Waals surface area contributed by atoms with Gasteiger partial charge in [0.05, 0.1) is 12.6 Å². The molecule has 25 heavy (non-hydrogen) atoms. The zero-order valence-corrected chi connectivity index (χ0v) is 13.8. The lowest BCUT2D eigenvalue weighted by atomic mass is 10.1. The molecule has 2 aliphatic rings. The van der Waals surface area contributed by atoms with Crippen molar-refractivity contribution in [3.63, 3.8) is 0 Å². The molecule has 0 saturated carbocycles. The van der Waals surface area contributed by atoms with Gasteiger partial charge in [-0.25, -0.2) is 4.39 Å². The summed E-state index contributed by atoms with van der Waals surface area (Å²) in [5.74, 6) is -0.945. The van der Waals surface area contributed by atoms with E-state index in [0.717, 1.165) is 24.9 Å². The Bertz CT molecular complexity index is 677. The molecule has 0 spiro atoms. The highest BCUT2D eigenvalue weighted by Gasteiger charge is 2.32. The topological polar surface area (TPSA) is 97.0 Å². The van der Waals surface area contributed by atoms with E-state index < -0.39 is 5.91 Å². The van der Waals surface area contributed by atoms with Crippen LogP contribution in [-0.4, -0.2) is 47.7 Å². The van der Waals surface area contributed by atoms with Crippen molar-refractivity contribution in [2.45, 2.75) is 38.0 Å². The van der Waals surface area contributed by atoms with Gasteiger partial charge in [0.2, 0.25) is 5.91 Å². The van der Waals surface area contributed by atoms with E-state index in [2.05, 4.69) is 15.4 Å². The van der Waals surface area contributed by atoms with E-state index in [-0.39, 0.29) is 36.1 Å². The average Bonchev–Trinajstić information content (AvgIpc) is 3.24. The quantitative estimate of drug-likeness (QED) is 0.784. The molecule has 2 heterocycles. The molecule has 1 saturated heterocycles. The summed E-state index contributed by atoms with van der Waals surface area (Å²) < 4.78 is 13.0. The summed E-state index contributed by atoms with van der Waals surface area (Å²) in [4.78, 5) is 30.7. The minimum absolute atomic E-state index is 0.0734. The number of carbonyl (C=O) groups is 2. The number of amides is 2. The van der Waals surface area contributed by atoms with Gasteiger partial charge < -0.3 is 15.9 Å². The van der Waals surface area contributed by atoms with Gasteiger partial charge in [-0.3, -0.25) is 14.5 Å². The first-order chi connectivity index (χ1) is 12.0. The van der Waals surface area contributed by atoms with Gasteiger partial charge >= 0.3 is 0 Å². The van der Waals surface area contributed by atoms with Crippen LogP contribution in [0.1, 0.15) is 24.8 Å². The van der Waals surface area contributed by atoms with Crippen molar-refractivity contribution in [3.05, 3.63) is 35.6 Å². The zero-order chi connectivity index (χ0) is 17.8. The maximum Gasteiger partial charge on any atom is 0.266 e. The third-order valence-corrected chi connectivity index (χ3v) is 4.49. The molecule has 0 aliphatic carbocycles. The normalized spacial score (nSPS) is 23.2. The molecule has 134 valence electrons. The molecule has 0 unspecified atom stereocenters. The SMILES string of the molecule is NC(=O)C1=NO[C@H](CNC(=O)[C@H]2CCCN2Cc2ccc(F)cc2)C1. The number of halogens is 1. The minimum Gasteiger partial charge on any atom is -0.390 e. The summed E-state index contributed by atoms with van der Waals surface area (Å²) in [5.41, 5.74) is 6.31. The fourth-order valence-corrected chi connectivity index (χ4v) is 3.15. The van der Waals surface area contributed by atoms with Crippen molar-refractivity contribution in [1.29, 1.82) is 0 Å². The number of carbonyl (C=O) groups excluding carboxylic acids is 2. The van der Waals surface area contributed by atoms with E-state index in [4.69, 9.17) is 10.6 Å². The van der Waals surface area contributed by atoms with Gasteiger partial charge in [-0.15, -0.1) is 0 Å². The fourth-order valence-electron chi connectivity index (χ4n) is 3.15. The van der Waals surface area contributed by atoms with Crippen LogP contribution in [-0.2, 0) is 21.0 Å². The maximum atomic E-state index is 13.0. The van der Waals surface area contributed by atoms with Crippen LogP contribution >= 0.6 is 0 Å². The number of nitrogens with two attached hydrogens (primary N) is 1. The van der Waals surface area contributed by atoms with Crippen molar-refractivity contribution in [2.75, 3.05) is 13.1 Å². The van der Waals surface area contributed by atoms with E-state index in [0.29, 0.717) is 13.0 Å². The van der Waals surface area contributed by atoms with Crippen molar-refractivity contribution in [2.24, 2.45) is 10.9 Å². The van der Waals surface area contributed by atoms with Crippen molar-refractivity contribution in [1.82, 2.24) is 10.2 Å². The average molecular weight is 348 g/mol. The van der Waals surface area contributed by atoms with Crippen LogP contribution in [0.4, 0.5) is 4.39 Å². The van der Waals surface area contributed by atoms with E-state index in [1.165, 1.54) is 12.1 Å². The number of rotatable bonds is 6. The highest BCUT2D eigenvalue weighted by Crippen LogP contribution is 2.20. The van der Waals surface area contributed by atoms with Crippen molar-refractivity contribution >= 4 is 17.5 Å². The summed E-state index contributed by atoms with van der Waals surface area (Å²) in [6.45, 7) is 1.71. The number of hydrogen-bond acceptors (Lipinski definition) is 5. The number of benzene rings is 1. The summed E-state index contributed by atoms with van der Waals surface area (Å²) in [7, 11) is 0. The molecule has 2 atom stereocenters. The molecule has 1 fully saturated rings. The largest absolute Gasteiger partial charge is 0.390 e. The van der Waals surface area contributed by atoms with Gasteiger partial charge in [-0.05, 0) is 37.1 Å². The summed E-state index contributed by atoms with van der Waals surface area (Å²) in [6, 6.07) is 6.10. The standard InChI is InChI=1S/C17H21FN4O3/c18-12-5-3-11(4-6-12)10-22-7-1-2-15(22)17(24)20-9-13-8-14(16(19)23)21-25-13/h3-6,13,15H,1-2,7-10H2,(H2,19,23)(H,20,24)/t13-,15+/m0/s1. The Morgan fingerprint density at radius 1 is 1.36 bits per heavy atom. The summed E-state index contributed by atoms with van der Waals surface area (Å²) in [6.07, 6.45) is 1.66. The number of hydrogen-bond donors (Lipinski definition) is 2. The van der Waals surface area contributed by atoms with Gasteiger partial charge in [-0.1, -0.05) is 17.3 Å². The van der Waals surface area contributed by atoms with Crippen LogP contribution in [0.2, 0.25) is 0 Å². The van der Waals surface area contributed by atoms with Crippen molar-refractivity contribution < 1.29 is 18.8 Å². The van der Waals surface area contributed by atoms with Gasteiger partial charge in [-0.2, -0.15) is 0 Å². The highest BCUT2D eigenvalue weighted by atomic mass is 19.1. The molecule has 0 radical (unpaired) electrons. The fraction of sp³-hybridized carbons (Fsp3) is 0.471. The van der Waals surface area contributed by atoms with Crippen LogP contribution in [0.15, 0.2) is 29.4 Å². The van der Waals surface area contributed by atoms with E-state index >= 15 is 0 Å². The first kappa shape index (κ1) is 17.3. The van der Waals surface area contributed by atoms with Crippen molar-refractivity contribution in [3.8, 4) is 0 Å². The van der Waals surface area contributed by atoms with Crippen LogP contribution in [0, 0.1) is 5.82 Å².